The maximum Gasteiger partial charge on any atom is 0.410 e. The summed E-state index contributed by atoms with van der Waals surface area (Å²) < 4.78 is 5.48. The van der Waals surface area contributed by atoms with Crippen LogP contribution in [-0.2, 0) is 17.6 Å². The fourth-order valence-electron chi connectivity index (χ4n) is 2.75. The van der Waals surface area contributed by atoms with Gasteiger partial charge in [0.05, 0.1) is 11.4 Å². The molecular weight excluding hydrogens is 302 g/mol. The molecule has 1 amide bonds. The Hall–Kier alpha value is -2.43. The number of aromatic nitrogens is 2. The molecule has 0 atom stereocenters. The van der Waals surface area contributed by atoms with Gasteiger partial charge in [-0.3, -0.25) is 0 Å². The number of hydrogen-bond donors (Lipinski definition) is 0. The third-order valence-electron chi connectivity index (χ3n) is 3.95. The molecule has 0 saturated carbocycles. The molecule has 0 aliphatic carbocycles. The summed E-state index contributed by atoms with van der Waals surface area (Å²) in [7, 11) is 0. The lowest BCUT2D eigenvalue weighted by molar-refractivity contribution is 0.0258. The van der Waals surface area contributed by atoms with Gasteiger partial charge in [0.15, 0.2) is 0 Å². The van der Waals surface area contributed by atoms with Crippen molar-refractivity contribution in [3.05, 3.63) is 47.7 Å². The number of fused-ring (bicyclic) bond motifs is 1. The quantitative estimate of drug-likeness (QED) is 0.805. The summed E-state index contributed by atoms with van der Waals surface area (Å²) in [5.74, 6) is 0. The zero-order valence-corrected chi connectivity index (χ0v) is 14.5. The minimum atomic E-state index is -0.476. The predicted molar refractivity (Wildman–Crippen MR) is 92.7 cm³/mol. The first-order valence-corrected chi connectivity index (χ1v) is 8.31. The standard InChI is InChI=1S/C19H23N3O2/c1-19(2,3)24-18(23)22-11-9-15-13-17(14-7-5-4-6-8-14)21-20-16(15)10-12-22/h4-8,13H,9-12H2,1-3H3. The van der Waals surface area contributed by atoms with Gasteiger partial charge in [-0.25, -0.2) is 4.79 Å². The lowest BCUT2D eigenvalue weighted by atomic mass is 10.1. The van der Waals surface area contributed by atoms with E-state index in [1.54, 1.807) is 4.90 Å². The lowest BCUT2D eigenvalue weighted by Crippen LogP contribution is -2.38. The van der Waals surface area contributed by atoms with Crippen molar-refractivity contribution in [1.29, 1.82) is 0 Å². The van der Waals surface area contributed by atoms with E-state index in [0.29, 0.717) is 19.5 Å². The van der Waals surface area contributed by atoms with Crippen molar-refractivity contribution >= 4 is 6.09 Å². The van der Waals surface area contributed by atoms with Gasteiger partial charge in [-0.1, -0.05) is 30.3 Å². The zero-order valence-electron chi connectivity index (χ0n) is 14.5. The van der Waals surface area contributed by atoms with Gasteiger partial charge in [0, 0.05) is 25.1 Å². The van der Waals surface area contributed by atoms with Gasteiger partial charge in [0.2, 0.25) is 0 Å². The zero-order chi connectivity index (χ0) is 17.2. The molecule has 0 bridgehead atoms. The second-order valence-electron chi connectivity index (χ2n) is 7.03. The summed E-state index contributed by atoms with van der Waals surface area (Å²) in [6, 6.07) is 12.1. The molecule has 0 radical (unpaired) electrons. The lowest BCUT2D eigenvalue weighted by Gasteiger charge is -2.26. The Morgan fingerprint density at radius 2 is 1.79 bits per heavy atom. The van der Waals surface area contributed by atoms with Crippen molar-refractivity contribution in [1.82, 2.24) is 15.1 Å². The second kappa shape index (κ2) is 6.59. The summed E-state index contributed by atoms with van der Waals surface area (Å²) in [6.07, 6.45) is 1.21. The molecule has 1 aromatic carbocycles. The second-order valence-corrected chi connectivity index (χ2v) is 7.03. The average molecular weight is 325 g/mol. The van der Waals surface area contributed by atoms with Crippen LogP contribution in [0.3, 0.4) is 0 Å². The highest BCUT2D eigenvalue weighted by Crippen LogP contribution is 2.21. The summed E-state index contributed by atoms with van der Waals surface area (Å²) in [6.45, 7) is 6.91. The highest BCUT2D eigenvalue weighted by Gasteiger charge is 2.24. The molecule has 0 saturated heterocycles. The van der Waals surface area contributed by atoms with Crippen LogP contribution in [0.5, 0.6) is 0 Å². The molecule has 24 heavy (non-hydrogen) atoms. The number of carbonyl (C=O) groups excluding carboxylic acids is 1. The van der Waals surface area contributed by atoms with Gasteiger partial charge < -0.3 is 9.64 Å². The maximum absolute atomic E-state index is 12.3. The Kier molecular flexibility index (Phi) is 4.51. The first kappa shape index (κ1) is 16.4. The molecule has 0 unspecified atom stereocenters. The molecule has 0 N–H and O–H groups in total. The van der Waals surface area contributed by atoms with Gasteiger partial charge >= 0.3 is 6.09 Å². The molecule has 3 rings (SSSR count). The monoisotopic (exact) mass is 325 g/mol. The molecule has 5 heteroatoms. The third kappa shape index (κ3) is 3.91. The molecule has 0 fully saturated rings. The molecule has 0 spiro atoms. The van der Waals surface area contributed by atoms with Gasteiger partial charge in [-0.15, -0.1) is 0 Å². The number of hydrogen-bond acceptors (Lipinski definition) is 4. The van der Waals surface area contributed by atoms with Crippen molar-refractivity contribution < 1.29 is 9.53 Å². The minimum absolute atomic E-state index is 0.258. The predicted octanol–water partition coefficient (Wildman–Crippen LogP) is 3.48. The number of carbonyl (C=O) groups is 1. The highest BCUT2D eigenvalue weighted by atomic mass is 16.6. The fourth-order valence-corrected chi connectivity index (χ4v) is 2.75. The van der Waals surface area contributed by atoms with Crippen molar-refractivity contribution in [2.24, 2.45) is 0 Å². The van der Waals surface area contributed by atoms with E-state index in [2.05, 4.69) is 16.3 Å². The number of ether oxygens (including phenoxy) is 1. The smallest absolute Gasteiger partial charge is 0.410 e. The topological polar surface area (TPSA) is 55.3 Å². The molecule has 126 valence electrons. The molecule has 2 aromatic rings. The molecule has 1 aliphatic rings. The molecule has 1 aliphatic heterocycles. The molecule has 2 heterocycles. The van der Waals surface area contributed by atoms with Crippen LogP contribution in [0.4, 0.5) is 4.79 Å². The number of benzene rings is 1. The van der Waals surface area contributed by atoms with E-state index in [1.807, 2.05) is 51.1 Å². The van der Waals surface area contributed by atoms with Crippen LogP contribution in [0.2, 0.25) is 0 Å². The normalized spacial score (nSPS) is 14.7. The number of nitrogens with zero attached hydrogens (tertiary/aromatic N) is 3. The average Bonchev–Trinajstić information content (AvgIpc) is 2.76. The molecular formula is C19H23N3O2. The summed E-state index contributed by atoms with van der Waals surface area (Å²) >= 11 is 0. The van der Waals surface area contributed by atoms with E-state index in [0.717, 1.165) is 28.9 Å². The Balaban J connectivity index is 1.75. The number of rotatable bonds is 1. The van der Waals surface area contributed by atoms with Crippen molar-refractivity contribution in [2.45, 2.75) is 39.2 Å². The van der Waals surface area contributed by atoms with Crippen LogP contribution < -0.4 is 0 Å². The Bertz CT molecular complexity index is 723. The first-order valence-electron chi connectivity index (χ1n) is 8.31. The SMILES string of the molecule is CC(C)(C)OC(=O)N1CCc2cc(-c3ccccc3)nnc2CC1. The first-order chi connectivity index (χ1) is 11.4. The van der Waals surface area contributed by atoms with Crippen molar-refractivity contribution in [2.75, 3.05) is 13.1 Å². The van der Waals surface area contributed by atoms with E-state index in [-0.39, 0.29) is 6.09 Å². The van der Waals surface area contributed by atoms with E-state index in [1.165, 1.54) is 0 Å². The van der Waals surface area contributed by atoms with Gasteiger partial charge in [-0.05, 0) is 38.8 Å². The summed E-state index contributed by atoms with van der Waals surface area (Å²) in [5.41, 5.74) is 3.59. The maximum atomic E-state index is 12.3. The Morgan fingerprint density at radius 3 is 2.50 bits per heavy atom. The Morgan fingerprint density at radius 1 is 1.08 bits per heavy atom. The van der Waals surface area contributed by atoms with E-state index < -0.39 is 5.60 Å². The van der Waals surface area contributed by atoms with Crippen LogP contribution in [0.15, 0.2) is 36.4 Å². The molecule has 5 nitrogen and oxygen atoms in total. The Labute approximate surface area is 142 Å². The highest BCUT2D eigenvalue weighted by molar-refractivity contribution is 5.68. The minimum Gasteiger partial charge on any atom is -0.444 e. The summed E-state index contributed by atoms with van der Waals surface area (Å²) in [4.78, 5) is 14.0. The van der Waals surface area contributed by atoms with E-state index >= 15 is 0 Å². The van der Waals surface area contributed by atoms with Crippen LogP contribution in [0.1, 0.15) is 32.0 Å². The summed E-state index contributed by atoms with van der Waals surface area (Å²) in [5, 5.41) is 8.74. The van der Waals surface area contributed by atoms with Crippen LogP contribution >= 0.6 is 0 Å². The third-order valence-corrected chi connectivity index (χ3v) is 3.95. The van der Waals surface area contributed by atoms with Crippen LogP contribution in [0, 0.1) is 0 Å². The van der Waals surface area contributed by atoms with Gasteiger partial charge in [0.1, 0.15) is 5.60 Å². The fraction of sp³-hybridized carbons (Fsp3) is 0.421. The van der Waals surface area contributed by atoms with Gasteiger partial charge in [0.25, 0.3) is 0 Å². The van der Waals surface area contributed by atoms with Crippen molar-refractivity contribution in [3.63, 3.8) is 0 Å². The van der Waals surface area contributed by atoms with Crippen LogP contribution in [-0.4, -0.2) is 39.9 Å². The van der Waals surface area contributed by atoms with E-state index in [4.69, 9.17) is 4.74 Å². The largest absolute Gasteiger partial charge is 0.444 e. The van der Waals surface area contributed by atoms with Gasteiger partial charge in [-0.2, -0.15) is 10.2 Å². The number of amides is 1. The van der Waals surface area contributed by atoms with Crippen molar-refractivity contribution in [3.8, 4) is 11.3 Å². The van der Waals surface area contributed by atoms with Crippen LogP contribution in [0.25, 0.3) is 11.3 Å². The molecule has 1 aromatic heterocycles. The van der Waals surface area contributed by atoms with E-state index in [9.17, 15) is 4.79 Å².